The third-order valence-electron chi connectivity index (χ3n) is 2.57. The summed E-state index contributed by atoms with van der Waals surface area (Å²) in [6.07, 6.45) is 0. The summed E-state index contributed by atoms with van der Waals surface area (Å²) in [7, 11) is 0. The van der Waals surface area contributed by atoms with E-state index in [0.717, 1.165) is 15.6 Å². The number of carbonyl (C=O) groups is 1. The van der Waals surface area contributed by atoms with Gasteiger partial charge in [0.1, 0.15) is 10.4 Å². The lowest BCUT2D eigenvalue weighted by molar-refractivity contribution is 0.103. The molecule has 2 aromatic heterocycles. The molecular weight excluding hydrogens is 302 g/mol. The summed E-state index contributed by atoms with van der Waals surface area (Å²) in [5, 5.41) is 12.0. The van der Waals surface area contributed by atoms with Crippen molar-refractivity contribution in [2.75, 3.05) is 5.32 Å². The average Bonchev–Trinajstić information content (AvgIpc) is 2.97. The van der Waals surface area contributed by atoms with Gasteiger partial charge in [0.05, 0.1) is 5.02 Å². The number of rotatable bonds is 2. The number of fused-ring (bicyclic) bond motifs is 1. The Hall–Kier alpha value is -1.50. The van der Waals surface area contributed by atoms with Crippen LogP contribution in [0.25, 0.3) is 10.1 Å². The van der Waals surface area contributed by atoms with Crippen LogP contribution in [0.5, 0.6) is 0 Å². The van der Waals surface area contributed by atoms with Crippen LogP contribution >= 0.6 is 34.3 Å². The Labute approximate surface area is 122 Å². The number of carbonyl (C=O) groups excluding carboxylic acids is 1. The van der Waals surface area contributed by atoms with Crippen LogP contribution in [0.3, 0.4) is 0 Å². The van der Waals surface area contributed by atoms with Crippen LogP contribution < -0.4 is 5.32 Å². The quantitative estimate of drug-likeness (QED) is 0.779. The molecular formula is C12H8ClN3OS2. The minimum absolute atomic E-state index is 0.249. The molecule has 3 aromatic rings. The Morgan fingerprint density at radius 3 is 3.00 bits per heavy atom. The minimum atomic E-state index is -0.249. The fourth-order valence-corrected chi connectivity index (χ4v) is 3.65. The normalized spacial score (nSPS) is 10.8. The number of anilines is 1. The molecule has 1 amide bonds. The highest BCUT2D eigenvalue weighted by atomic mass is 35.5. The van der Waals surface area contributed by atoms with E-state index in [0.29, 0.717) is 15.0 Å². The Morgan fingerprint density at radius 2 is 2.26 bits per heavy atom. The number of halogens is 1. The van der Waals surface area contributed by atoms with E-state index in [1.54, 1.807) is 5.51 Å². The molecule has 0 atom stereocenters. The standard InChI is InChI=1S/C12H8ClN3OS2/c1-6-2-3-7-8(4-6)19-10(9(7)13)11(17)15-12-16-14-5-18-12/h2-5H,1H3,(H,15,16,17). The van der Waals surface area contributed by atoms with Gasteiger partial charge in [0, 0.05) is 10.1 Å². The van der Waals surface area contributed by atoms with Gasteiger partial charge in [-0.05, 0) is 18.6 Å². The van der Waals surface area contributed by atoms with Gasteiger partial charge in [-0.2, -0.15) is 0 Å². The highest BCUT2D eigenvalue weighted by Crippen LogP contribution is 2.36. The molecule has 0 unspecified atom stereocenters. The SMILES string of the molecule is Cc1ccc2c(Cl)c(C(=O)Nc3nncs3)sc2c1. The summed E-state index contributed by atoms with van der Waals surface area (Å²) in [4.78, 5) is 12.6. The molecule has 2 heterocycles. The van der Waals surface area contributed by atoms with Crippen molar-refractivity contribution < 1.29 is 4.79 Å². The molecule has 7 heteroatoms. The second-order valence-corrected chi connectivity index (χ2v) is 6.21. The number of aromatic nitrogens is 2. The number of hydrogen-bond acceptors (Lipinski definition) is 5. The Kier molecular flexibility index (Phi) is 3.22. The molecule has 0 radical (unpaired) electrons. The Bertz CT molecular complexity index is 752. The van der Waals surface area contributed by atoms with E-state index in [4.69, 9.17) is 11.6 Å². The topological polar surface area (TPSA) is 54.9 Å². The van der Waals surface area contributed by atoms with E-state index in [1.165, 1.54) is 22.7 Å². The van der Waals surface area contributed by atoms with E-state index in [1.807, 2.05) is 25.1 Å². The number of nitrogens with one attached hydrogen (secondary N) is 1. The van der Waals surface area contributed by atoms with Gasteiger partial charge in [0.15, 0.2) is 0 Å². The fraction of sp³-hybridized carbons (Fsp3) is 0.0833. The van der Waals surface area contributed by atoms with Crippen LogP contribution in [0.15, 0.2) is 23.7 Å². The maximum atomic E-state index is 12.1. The molecule has 0 aliphatic carbocycles. The summed E-state index contributed by atoms with van der Waals surface area (Å²) in [5.41, 5.74) is 2.70. The van der Waals surface area contributed by atoms with Crippen molar-refractivity contribution in [1.82, 2.24) is 10.2 Å². The first-order valence-corrected chi connectivity index (χ1v) is 7.49. The van der Waals surface area contributed by atoms with Gasteiger partial charge in [-0.3, -0.25) is 10.1 Å². The molecule has 0 spiro atoms. The van der Waals surface area contributed by atoms with Gasteiger partial charge in [-0.15, -0.1) is 21.5 Å². The molecule has 4 nitrogen and oxygen atoms in total. The summed E-state index contributed by atoms with van der Waals surface area (Å²) in [6, 6.07) is 5.94. The number of nitrogens with zero attached hydrogens (tertiary/aromatic N) is 2. The van der Waals surface area contributed by atoms with Crippen molar-refractivity contribution in [2.45, 2.75) is 6.92 Å². The van der Waals surface area contributed by atoms with Crippen molar-refractivity contribution in [1.29, 1.82) is 0 Å². The summed E-state index contributed by atoms with van der Waals surface area (Å²) >= 11 is 8.91. The van der Waals surface area contributed by atoms with Crippen LogP contribution in [-0.4, -0.2) is 16.1 Å². The maximum absolute atomic E-state index is 12.1. The lowest BCUT2D eigenvalue weighted by atomic mass is 10.2. The van der Waals surface area contributed by atoms with Crippen LogP contribution in [0.2, 0.25) is 5.02 Å². The predicted molar refractivity (Wildman–Crippen MR) is 79.4 cm³/mol. The van der Waals surface area contributed by atoms with E-state index in [-0.39, 0.29) is 5.91 Å². The van der Waals surface area contributed by atoms with Gasteiger partial charge in [0.2, 0.25) is 5.13 Å². The molecule has 1 N–H and O–H groups in total. The molecule has 0 bridgehead atoms. The maximum Gasteiger partial charge on any atom is 0.269 e. The van der Waals surface area contributed by atoms with Crippen LogP contribution in [0, 0.1) is 6.92 Å². The van der Waals surface area contributed by atoms with Crippen molar-refractivity contribution in [3.63, 3.8) is 0 Å². The molecule has 0 saturated carbocycles. The Balaban J connectivity index is 2.00. The molecule has 0 aliphatic heterocycles. The third kappa shape index (κ3) is 2.34. The van der Waals surface area contributed by atoms with E-state index in [2.05, 4.69) is 15.5 Å². The van der Waals surface area contributed by atoms with Crippen molar-refractivity contribution >= 4 is 55.4 Å². The van der Waals surface area contributed by atoms with E-state index < -0.39 is 0 Å². The van der Waals surface area contributed by atoms with Crippen LogP contribution in [-0.2, 0) is 0 Å². The highest BCUT2D eigenvalue weighted by molar-refractivity contribution is 7.21. The van der Waals surface area contributed by atoms with E-state index in [9.17, 15) is 4.79 Å². The second-order valence-electron chi connectivity index (χ2n) is 3.94. The predicted octanol–water partition coefficient (Wildman–Crippen LogP) is 3.97. The van der Waals surface area contributed by atoms with Gasteiger partial charge in [-0.1, -0.05) is 35.1 Å². The molecule has 1 aromatic carbocycles. The minimum Gasteiger partial charge on any atom is -0.296 e. The first kappa shape index (κ1) is 12.5. The zero-order valence-corrected chi connectivity index (χ0v) is 12.2. The zero-order chi connectivity index (χ0) is 13.4. The molecule has 0 fully saturated rings. The zero-order valence-electron chi connectivity index (χ0n) is 9.81. The summed E-state index contributed by atoms with van der Waals surface area (Å²) in [6.45, 7) is 2.01. The number of aryl methyl sites for hydroxylation is 1. The monoisotopic (exact) mass is 309 g/mol. The van der Waals surface area contributed by atoms with Crippen LogP contribution in [0.4, 0.5) is 5.13 Å². The van der Waals surface area contributed by atoms with Crippen molar-refractivity contribution in [2.24, 2.45) is 0 Å². The molecule has 0 aliphatic rings. The summed E-state index contributed by atoms with van der Waals surface area (Å²) < 4.78 is 1.01. The lowest BCUT2D eigenvalue weighted by Crippen LogP contribution is -2.10. The number of thiophene rings is 1. The number of amides is 1. The molecule has 96 valence electrons. The molecule has 19 heavy (non-hydrogen) atoms. The Morgan fingerprint density at radius 1 is 1.42 bits per heavy atom. The first-order valence-electron chi connectivity index (χ1n) is 5.41. The first-order chi connectivity index (χ1) is 9.15. The molecule has 3 rings (SSSR count). The number of hydrogen-bond donors (Lipinski definition) is 1. The smallest absolute Gasteiger partial charge is 0.269 e. The van der Waals surface area contributed by atoms with Gasteiger partial charge in [0.25, 0.3) is 5.91 Å². The largest absolute Gasteiger partial charge is 0.296 e. The van der Waals surface area contributed by atoms with Crippen LogP contribution in [0.1, 0.15) is 15.2 Å². The van der Waals surface area contributed by atoms with E-state index >= 15 is 0 Å². The molecule has 0 saturated heterocycles. The van der Waals surface area contributed by atoms with Gasteiger partial charge < -0.3 is 0 Å². The van der Waals surface area contributed by atoms with Crippen molar-refractivity contribution in [3.05, 3.63) is 39.2 Å². The lowest BCUT2D eigenvalue weighted by Gasteiger charge is -1.97. The average molecular weight is 310 g/mol. The second kappa shape index (κ2) is 4.88. The number of benzene rings is 1. The highest BCUT2D eigenvalue weighted by Gasteiger charge is 2.18. The third-order valence-corrected chi connectivity index (χ3v) is 4.83. The fourth-order valence-electron chi connectivity index (χ4n) is 1.70. The van der Waals surface area contributed by atoms with Gasteiger partial charge in [-0.25, -0.2) is 0 Å². The van der Waals surface area contributed by atoms with Crippen molar-refractivity contribution in [3.8, 4) is 0 Å². The van der Waals surface area contributed by atoms with Gasteiger partial charge >= 0.3 is 0 Å². The summed E-state index contributed by atoms with van der Waals surface area (Å²) in [5.74, 6) is -0.249.